The molecular weight excluding hydrogens is 453 g/mol. The lowest BCUT2D eigenvalue weighted by molar-refractivity contribution is 0.414. The molecule has 1 unspecified atom stereocenters. The van der Waals surface area contributed by atoms with Crippen molar-refractivity contribution in [3.8, 4) is 5.75 Å². The summed E-state index contributed by atoms with van der Waals surface area (Å²) in [4.78, 5) is 4.70. The number of hydrogen-bond acceptors (Lipinski definition) is 3. The molecular formula is C20H32IN5O. The Morgan fingerprint density at radius 3 is 2.44 bits per heavy atom. The monoisotopic (exact) mass is 485 g/mol. The zero-order valence-corrected chi connectivity index (χ0v) is 19.5. The van der Waals surface area contributed by atoms with Gasteiger partial charge in [-0.1, -0.05) is 12.1 Å². The van der Waals surface area contributed by atoms with Gasteiger partial charge >= 0.3 is 0 Å². The Kier molecular flexibility index (Phi) is 9.62. The molecule has 1 atom stereocenters. The van der Waals surface area contributed by atoms with Crippen LogP contribution in [0.25, 0.3) is 0 Å². The molecule has 2 N–H and O–H groups in total. The maximum atomic E-state index is 5.20. The van der Waals surface area contributed by atoms with Crippen molar-refractivity contribution in [2.75, 3.05) is 13.7 Å². The summed E-state index contributed by atoms with van der Waals surface area (Å²) < 4.78 is 7.14. The average Bonchev–Trinajstić information content (AvgIpc) is 2.86. The molecule has 1 heterocycles. The Balaban J connectivity index is 0.00000364. The predicted octanol–water partition coefficient (Wildman–Crippen LogP) is 3.35. The first-order valence-corrected chi connectivity index (χ1v) is 9.11. The van der Waals surface area contributed by atoms with Gasteiger partial charge in [0.25, 0.3) is 0 Å². The minimum absolute atomic E-state index is 0. The Bertz CT molecular complexity index is 740. The normalized spacial score (nSPS) is 12.3. The molecule has 150 valence electrons. The molecule has 2 aromatic rings. The highest BCUT2D eigenvalue weighted by atomic mass is 127. The van der Waals surface area contributed by atoms with Gasteiger partial charge in [0.05, 0.1) is 19.3 Å². The molecule has 0 aliphatic carbocycles. The average molecular weight is 485 g/mol. The van der Waals surface area contributed by atoms with Crippen molar-refractivity contribution < 1.29 is 4.74 Å². The van der Waals surface area contributed by atoms with E-state index in [4.69, 9.17) is 9.73 Å². The number of nitrogens with one attached hydrogen (secondary N) is 2. The summed E-state index contributed by atoms with van der Waals surface area (Å²) in [5.41, 5.74) is 4.77. The van der Waals surface area contributed by atoms with Crippen LogP contribution >= 0.6 is 24.0 Å². The quantitative estimate of drug-likeness (QED) is 0.359. The van der Waals surface area contributed by atoms with Crippen LogP contribution in [0.1, 0.15) is 36.4 Å². The summed E-state index contributed by atoms with van der Waals surface area (Å²) in [6, 6.07) is 8.25. The van der Waals surface area contributed by atoms with Crippen LogP contribution in [0, 0.1) is 13.8 Å². The molecule has 0 spiro atoms. The van der Waals surface area contributed by atoms with Gasteiger partial charge in [-0.15, -0.1) is 24.0 Å². The van der Waals surface area contributed by atoms with Crippen molar-refractivity contribution in [2.45, 2.75) is 46.7 Å². The molecule has 0 saturated carbocycles. The lowest BCUT2D eigenvalue weighted by Crippen LogP contribution is -2.43. The smallest absolute Gasteiger partial charge is 0.191 e. The van der Waals surface area contributed by atoms with Crippen LogP contribution in [0.4, 0.5) is 0 Å². The molecule has 0 aliphatic heterocycles. The van der Waals surface area contributed by atoms with E-state index in [-0.39, 0.29) is 30.0 Å². The van der Waals surface area contributed by atoms with Gasteiger partial charge < -0.3 is 15.4 Å². The largest absolute Gasteiger partial charge is 0.497 e. The molecule has 0 fully saturated rings. The number of aliphatic imine (C=N–C) groups is 1. The van der Waals surface area contributed by atoms with Gasteiger partial charge in [-0.3, -0.25) is 4.68 Å². The molecule has 0 amide bonds. The van der Waals surface area contributed by atoms with E-state index in [1.807, 2.05) is 36.0 Å². The van der Waals surface area contributed by atoms with Gasteiger partial charge in [-0.2, -0.15) is 5.10 Å². The van der Waals surface area contributed by atoms with E-state index in [1.165, 1.54) is 11.3 Å². The van der Waals surface area contributed by atoms with E-state index in [0.717, 1.165) is 35.9 Å². The van der Waals surface area contributed by atoms with Crippen LogP contribution in [-0.4, -0.2) is 35.4 Å². The fraction of sp³-hybridized carbons (Fsp3) is 0.500. The molecule has 1 aromatic heterocycles. The Labute approximate surface area is 179 Å². The number of benzene rings is 1. The summed E-state index contributed by atoms with van der Waals surface area (Å²) in [5, 5.41) is 11.3. The number of ether oxygens (including phenoxy) is 1. The Morgan fingerprint density at radius 1 is 1.26 bits per heavy atom. The Morgan fingerprint density at radius 2 is 1.93 bits per heavy atom. The first-order chi connectivity index (χ1) is 12.4. The molecule has 0 saturated heterocycles. The summed E-state index contributed by atoms with van der Waals surface area (Å²) in [7, 11) is 3.66. The fourth-order valence-corrected chi connectivity index (χ4v) is 2.92. The zero-order chi connectivity index (χ0) is 19.1. The number of hydrogen-bond donors (Lipinski definition) is 2. The topological polar surface area (TPSA) is 63.5 Å². The van der Waals surface area contributed by atoms with E-state index >= 15 is 0 Å². The van der Waals surface area contributed by atoms with Crippen molar-refractivity contribution >= 4 is 29.9 Å². The second-order valence-electron chi connectivity index (χ2n) is 6.57. The number of aromatic nitrogens is 2. The number of guanidine groups is 1. The van der Waals surface area contributed by atoms with Crippen molar-refractivity contribution in [2.24, 2.45) is 12.0 Å². The summed E-state index contributed by atoms with van der Waals surface area (Å²) in [6.45, 7) is 9.88. The van der Waals surface area contributed by atoms with Gasteiger partial charge in [0.15, 0.2) is 5.96 Å². The minimum atomic E-state index is 0. The van der Waals surface area contributed by atoms with Crippen molar-refractivity contribution in [1.82, 2.24) is 20.4 Å². The lowest BCUT2D eigenvalue weighted by Gasteiger charge is -2.18. The number of rotatable bonds is 7. The Hall–Kier alpha value is -1.77. The maximum Gasteiger partial charge on any atom is 0.191 e. The molecule has 2 rings (SSSR count). The van der Waals surface area contributed by atoms with Crippen LogP contribution < -0.4 is 15.4 Å². The molecule has 6 nitrogen and oxygen atoms in total. The second-order valence-corrected chi connectivity index (χ2v) is 6.57. The minimum Gasteiger partial charge on any atom is -0.497 e. The molecule has 0 aliphatic rings. The lowest BCUT2D eigenvalue weighted by atomic mass is 10.1. The first kappa shape index (κ1) is 23.3. The molecule has 1 aromatic carbocycles. The van der Waals surface area contributed by atoms with Crippen molar-refractivity contribution in [3.05, 3.63) is 46.8 Å². The van der Waals surface area contributed by atoms with E-state index in [9.17, 15) is 0 Å². The van der Waals surface area contributed by atoms with Crippen LogP contribution in [0.5, 0.6) is 5.75 Å². The van der Waals surface area contributed by atoms with E-state index in [0.29, 0.717) is 6.54 Å². The molecule has 7 heteroatoms. The number of methoxy groups -OCH3 is 1. The number of nitrogens with zero attached hydrogens (tertiary/aromatic N) is 3. The highest BCUT2D eigenvalue weighted by Crippen LogP contribution is 2.14. The SMILES string of the molecule is CCNC(=NCc1ccc(OC)cc1)NC(C)Cc1c(C)nn(C)c1C.I. The standard InChI is InChI=1S/C20H31N5O.HI/c1-7-21-20(22-13-17-8-10-18(26-6)11-9-17)23-14(2)12-19-15(3)24-25(5)16(19)4;/h8-11,14H,7,12-13H2,1-6H3,(H2,21,22,23);1H. The highest BCUT2D eigenvalue weighted by molar-refractivity contribution is 14.0. The van der Waals surface area contributed by atoms with Crippen molar-refractivity contribution in [3.63, 3.8) is 0 Å². The van der Waals surface area contributed by atoms with E-state index < -0.39 is 0 Å². The van der Waals surface area contributed by atoms with Crippen LogP contribution in [-0.2, 0) is 20.0 Å². The summed E-state index contributed by atoms with van der Waals surface area (Å²) in [5.74, 6) is 1.69. The predicted molar refractivity (Wildman–Crippen MR) is 122 cm³/mol. The zero-order valence-electron chi connectivity index (χ0n) is 17.2. The van der Waals surface area contributed by atoms with Crippen molar-refractivity contribution in [1.29, 1.82) is 0 Å². The number of aryl methyl sites for hydroxylation is 2. The van der Waals surface area contributed by atoms with Crippen LogP contribution in [0.2, 0.25) is 0 Å². The summed E-state index contributed by atoms with van der Waals surface area (Å²) >= 11 is 0. The number of halogens is 1. The van der Waals surface area contributed by atoms with Crippen LogP contribution in [0.3, 0.4) is 0 Å². The fourth-order valence-electron chi connectivity index (χ4n) is 2.92. The van der Waals surface area contributed by atoms with Crippen LogP contribution in [0.15, 0.2) is 29.3 Å². The third-order valence-electron chi connectivity index (χ3n) is 4.48. The highest BCUT2D eigenvalue weighted by Gasteiger charge is 2.14. The first-order valence-electron chi connectivity index (χ1n) is 9.11. The van der Waals surface area contributed by atoms with Gasteiger partial charge in [0.1, 0.15) is 5.75 Å². The van der Waals surface area contributed by atoms with E-state index in [2.05, 4.69) is 43.4 Å². The van der Waals surface area contributed by atoms with Gasteiger partial charge in [0, 0.05) is 25.3 Å². The third-order valence-corrected chi connectivity index (χ3v) is 4.48. The molecule has 0 radical (unpaired) electrons. The van der Waals surface area contributed by atoms with Gasteiger partial charge in [-0.05, 0) is 57.4 Å². The third kappa shape index (κ3) is 6.71. The molecule has 27 heavy (non-hydrogen) atoms. The second kappa shape index (κ2) is 11.2. The molecule has 0 bridgehead atoms. The van der Waals surface area contributed by atoms with Gasteiger partial charge in [0.2, 0.25) is 0 Å². The van der Waals surface area contributed by atoms with E-state index in [1.54, 1.807) is 7.11 Å². The maximum absolute atomic E-state index is 5.20. The summed E-state index contributed by atoms with van der Waals surface area (Å²) in [6.07, 6.45) is 0.915. The van der Waals surface area contributed by atoms with Gasteiger partial charge in [-0.25, -0.2) is 4.99 Å².